The van der Waals surface area contributed by atoms with Crippen LogP contribution in [0.25, 0.3) is 0 Å². The van der Waals surface area contributed by atoms with Gasteiger partial charge in [0.15, 0.2) is 0 Å². The second-order valence-electron chi connectivity index (χ2n) is 4.88. The Kier molecular flexibility index (Phi) is 4.70. The number of fused-ring (bicyclic) bond motifs is 1. The molecule has 3 amide bonds. The topological polar surface area (TPSA) is 86.7 Å². The number of amides is 3. The van der Waals surface area contributed by atoms with Gasteiger partial charge in [0.1, 0.15) is 6.04 Å². The summed E-state index contributed by atoms with van der Waals surface area (Å²) in [6.45, 7) is 0.0165. The molecule has 6 nitrogen and oxygen atoms in total. The van der Waals surface area contributed by atoms with Crippen LogP contribution in [-0.2, 0) is 4.79 Å². The van der Waals surface area contributed by atoms with E-state index in [1.165, 1.54) is 7.05 Å². The zero-order chi connectivity index (χ0) is 15.4. The van der Waals surface area contributed by atoms with Crippen LogP contribution in [-0.4, -0.2) is 47.4 Å². The first-order chi connectivity index (χ1) is 10.1. The summed E-state index contributed by atoms with van der Waals surface area (Å²) < 4.78 is 0. The monoisotopic (exact) mass is 290 g/mol. The van der Waals surface area contributed by atoms with E-state index in [2.05, 4.69) is 5.32 Å². The maximum absolute atomic E-state index is 12.4. The van der Waals surface area contributed by atoms with Crippen molar-refractivity contribution in [3.63, 3.8) is 0 Å². The molecule has 1 atom stereocenters. The number of benzene rings is 1. The van der Waals surface area contributed by atoms with Crippen molar-refractivity contribution < 1.29 is 19.5 Å². The van der Waals surface area contributed by atoms with Crippen molar-refractivity contribution in [2.45, 2.75) is 25.3 Å². The Hall–Kier alpha value is -2.21. The zero-order valence-corrected chi connectivity index (χ0v) is 11.8. The highest BCUT2D eigenvalue weighted by atomic mass is 16.3. The summed E-state index contributed by atoms with van der Waals surface area (Å²) in [5.74, 6) is -1.25. The molecule has 1 aliphatic heterocycles. The van der Waals surface area contributed by atoms with Crippen LogP contribution in [0.4, 0.5) is 0 Å². The Balaban J connectivity index is 2.27. The number of likely N-dealkylation sites (N-methyl/N-ethyl adjacent to an activating group) is 1. The number of hydrogen-bond acceptors (Lipinski definition) is 4. The van der Waals surface area contributed by atoms with Crippen molar-refractivity contribution in [2.75, 3.05) is 13.7 Å². The van der Waals surface area contributed by atoms with E-state index in [0.29, 0.717) is 30.4 Å². The maximum atomic E-state index is 12.4. The van der Waals surface area contributed by atoms with Gasteiger partial charge in [0.25, 0.3) is 11.8 Å². The maximum Gasteiger partial charge on any atom is 0.262 e. The van der Waals surface area contributed by atoms with Crippen molar-refractivity contribution in [1.29, 1.82) is 0 Å². The van der Waals surface area contributed by atoms with E-state index in [1.54, 1.807) is 24.3 Å². The Bertz CT molecular complexity index is 536. The van der Waals surface area contributed by atoms with Gasteiger partial charge in [0.05, 0.1) is 11.1 Å². The second kappa shape index (κ2) is 6.49. The summed E-state index contributed by atoms with van der Waals surface area (Å²) in [4.78, 5) is 37.8. The number of hydrogen-bond donors (Lipinski definition) is 2. The molecule has 0 fully saturated rings. The molecule has 1 heterocycles. The molecule has 1 aliphatic rings. The van der Waals surface area contributed by atoms with E-state index in [1.807, 2.05) is 0 Å². The average Bonchev–Trinajstić information content (AvgIpc) is 2.76. The van der Waals surface area contributed by atoms with Crippen molar-refractivity contribution >= 4 is 17.7 Å². The first-order valence-corrected chi connectivity index (χ1v) is 6.91. The lowest BCUT2D eigenvalue weighted by Crippen LogP contribution is -2.48. The molecule has 6 heteroatoms. The predicted molar refractivity (Wildman–Crippen MR) is 75.7 cm³/mol. The minimum atomic E-state index is -0.839. The molecular formula is C15H18N2O4. The average molecular weight is 290 g/mol. The lowest BCUT2D eigenvalue weighted by molar-refractivity contribution is -0.124. The number of nitrogens with zero attached hydrogens (tertiary/aromatic N) is 1. The van der Waals surface area contributed by atoms with Crippen LogP contribution in [0.5, 0.6) is 0 Å². The number of aliphatic hydroxyl groups excluding tert-OH is 1. The Morgan fingerprint density at radius 1 is 1.19 bits per heavy atom. The first-order valence-electron chi connectivity index (χ1n) is 6.91. The van der Waals surface area contributed by atoms with Crippen LogP contribution in [0, 0.1) is 0 Å². The minimum absolute atomic E-state index is 0.0165. The number of carbonyl (C=O) groups is 3. The van der Waals surface area contributed by atoms with Crippen molar-refractivity contribution in [2.24, 2.45) is 0 Å². The van der Waals surface area contributed by atoms with Crippen molar-refractivity contribution in [3.8, 4) is 0 Å². The second-order valence-corrected chi connectivity index (χ2v) is 4.88. The molecule has 2 rings (SSSR count). The fourth-order valence-corrected chi connectivity index (χ4v) is 2.48. The lowest BCUT2D eigenvalue weighted by Gasteiger charge is -2.24. The van der Waals surface area contributed by atoms with Gasteiger partial charge in [0.2, 0.25) is 5.91 Å². The highest BCUT2D eigenvalue weighted by Crippen LogP contribution is 2.26. The zero-order valence-electron chi connectivity index (χ0n) is 11.8. The van der Waals surface area contributed by atoms with Gasteiger partial charge in [-0.05, 0) is 31.4 Å². The molecule has 0 aliphatic carbocycles. The Morgan fingerprint density at radius 2 is 1.76 bits per heavy atom. The van der Waals surface area contributed by atoms with Crippen LogP contribution >= 0.6 is 0 Å². The number of aliphatic hydroxyl groups is 1. The van der Waals surface area contributed by atoms with Gasteiger partial charge in [0, 0.05) is 13.7 Å². The largest absolute Gasteiger partial charge is 0.396 e. The van der Waals surface area contributed by atoms with Crippen LogP contribution in [0.3, 0.4) is 0 Å². The first kappa shape index (κ1) is 15.2. The highest BCUT2D eigenvalue weighted by molar-refractivity contribution is 6.22. The third kappa shape index (κ3) is 2.80. The molecule has 1 aromatic rings. The van der Waals surface area contributed by atoms with E-state index >= 15 is 0 Å². The smallest absolute Gasteiger partial charge is 0.262 e. The van der Waals surface area contributed by atoms with Gasteiger partial charge in [-0.3, -0.25) is 19.3 Å². The van der Waals surface area contributed by atoms with E-state index in [9.17, 15) is 14.4 Å². The third-order valence-electron chi connectivity index (χ3n) is 3.57. The van der Waals surface area contributed by atoms with Gasteiger partial charge in [-0.2, -0.15) is 0 Å². The molecule has 2 N–H and O–H groups in total. The van der Waals surface area contributed by atoms with Crippen LogP contribution in [0.2, 0.25) is 0 Å². The summed E-state index contributed by atoms with van der Waals surface area (Å²) in [7, 11) is 1.47. The molecule has 0 saturated carbocycles. The molecule has 1 unspecified atom stereocenters. The lowest BCUT2D eigenvalue weighted by atomic mass is 10.1. The van der Waals surface area contributed by atoms with Gasteiger partial charge in [-0.25, -0.2) is 0 Å². The summed E-state index contributed by atoms with van der Waals surface area (Å²) in [6, 6.07) is 5.71. The normalized spacial score (nSPS) is 15.0. The molecule has 0 aromatic heterocycles. The highest BCUT2D eigenvalue weighted by Gasteiger charge is 2.41. The molecule has 0 spiro atoms. The molecule has 112 valence electrons. The fourth-order valence-electron chi connectivity index (χ4n) is 2.48. The Labute approximate surface area is 122 Å². The van der Waals surface area contributed by atoms with Crippen molar-refractivity contribution in [1.82, 2.24) is 10.2 Å². The minimum Gasteiger partial charge on any atom is -0.396 e. The van der Waals surface area contributed by atoms with E-state index in [0.717, 1.165) is 4.90 Å². The van der Waals surface area contributed by atoms with Crippen LogP contribution in [0.1, 0.15) is 40.0 Å². The third-order valence-corrected chi connectivity index (χ3v) is 3.57. The van der Waals surface area contributed by atoms with E-state index in [-0.39, 0.29) is 12.5 Å². The van der Waals surface area contributed by atoms with E-state index < -0.39 is 17.9 Å². The van der Waals surface area contributed by atoms with Gasteiger partial charge in [-0.1, -0.05) is 12.1 Å². The Morgan fingerprint density at radius 3 is 2.24 bits per heavy atom. The fraction of sp³-hybridized carbons (Fsp3) is 0.400. The molecule has 0 saturated heterocycles. The van der Waals surface area contributed by atoms with E-state index in [4.69, 9.17) is 5.11 Å². The molecule has 0 radical (unpaired) electrons. The summed E-state index contributed by atoms with van der Waals surface area (Å²) in [5.41, 5.74) is 0.664. The predicted octanol–water partition coefficient (Wildman–Crippen LogP) is 0.560. The number of carbonyl (C=O) groups excluding carboxylic acids is 3. The molecule has 0 bridgehead atoms. The summed E-state index contributed by atoms with van der Waals surface area (Å²) >= 11 is 0. The SMILES string of the molecule is CNC(=O)C(CCCCO)N1C(=O)c2ccccc2C1=O. The number of rotatable bonds is 6. The van der Waals surface area contributed by atoms with Crippen LogP contribution < -0.4 is 5.32 Å². The molecule has 1 aromatic carbocycles. The quantitative estimate of drug-likeness (QED) is 0.592. The number of unbranched alkanes of at least 4 members (excludes halogenated alkanes) is 1. The number of imide groups is 1. The van der Waals surface area contributed by atoms with Gasteiger partial charge >= 0.3 is 0 Å². The summed E-state index contributed by atoms with van der Waals surface area (Å²) in [6.07, 6.45) is 1.42. The standard InChI is InChI=1S/C15H18N2O4/c1-16-13(19)12(8-4-5-9-18)17-14(20)10-6-2-3-7-11(10)15(17)21/h2-3,6-7,12,18H,4-5,8-9H2,1H3,(H,16,19). The van der Waals surface area contributed by atoms with Crippen molar-refractivity contribution in [3.05, 3.63) is 35.4 Å². The van der Waals surface area contributed by atoms with Gasteiger partial charge in [-0.15, -0.1) is 0 Å². The molecular weight excluding hydrogens is 272 g/mol. The number of nitrogens with one attached hydrogen (secondary N) is 1. The van der Waals surface area contributed by atoms with Crippen LogP contribution in [0.15, 0.2) is 24.3 Å². The summed E-state index contributed by atoms with van der Waals surface area (Å²) in [5, 5.41) is 11.3. The van der Waals surface area contributed by atoms with Gasteiger partial charge < -0.3 is 10.4 Å². The molecule has 21 heavy (non-hydrogen) atoms.